The van der Waals surface area contributed by atoms with Gasteiger partial charge in [-0.3, -0.25) is 14.4 Å². The fraction of sp³-hybridized carbons (Fsp3) is 0.786. The molecule has 10 atom stereocenters. The normalized spacial score (nSPS) is 47.8. The van der Waals surface area contributed by atoms with Crippen LogP contribution >= 0.6 is 11.8 Å². The van der Waals surface area contributed by atoms with Gasteiger partial charge in [-0.05, 0) is 62.2 Å². The first-order valence-electron chi connectivity index (χ1n) is 13.5. The molecule has 9 heteroatoms. The Bertz CT molecular complexity index is 1050. The van der Waals surface area contributed by atoms with E-state index in [1.165, 1.54) is 18.2 Å². The molecule has 4 fully saturated rings. The predicted molar refractivity (Wildman–Crippen MR) is 136 cm³/mol. The second-order valence-electron chi connectivity index (χ2n) is 12.5. The zero-order chi connectivity index (χ0) is 27.1. The molecule has 5 aliphatic rings. The number of carbonyl (C=O) groups is 2. The van der Waals surface area contributed by atoms with Crippen LogP contribution in [-0.2, 0) is 14.4 Å². The van der Waals surface area contributed by atoms with E-state index in [2.05, 4.69) is 20.8 Å². The molecule has 3 saturated carbocycles. The summed E-state index contributed by atoms with van der Waals surface area (Å²) in [5.74, 6) is -1.83. The molecule has 2 unspecified atom stereocenters. The van der Waals surface area contributed by atoms with Crippen LogP contribution in [-0.4, -0.2) is 63.2 Å². The molecule has 0 bridgehead atoms. The van der Waals surface area contributed by atoms with Gasteiger partial charge < -0.3 is 5.11 Å². The minimum absolute atomic E-state index is 0.0444. The number of halogens is 3. The van der Waals surface area contributed by atoms with Crippen LogP contribution in [0.1, 0.15) is 60.3 Å². The van der Waals surface area contributed by atoms with Crippen molar-refractivity contribution in [1.29, 1.82) is 0 Å². The van der Waals surface area contributed by atoms with Crippen LogP contribution in [0.2, 0.25) is 0 Å². The van der Waals surface area contributed by atoms with Crippen molar-refractivity contribution < 1.29 is 32.7 Å². The van der Waals surface area contributed by atoms with Gasteiger partial charge in [-0.25, -0.2) is 13.2 Å². The highest BCUT2D eigenvalue weighted by atomic mass is 32.2. The van der Waals surface area contributed by atoms with Crippen LogP contribution in [0.3, 0.4) is 0 Å². The Balaban J connectivity index is 1.61. The molecule has 1 aliphatic heterocycles. The molecule has 5 rings (SSSR count). The fourth-order valence-electron chi connectivity index (χ4n) is 8.98. The SMILES string of the molecule is CCC(C(C)C)N1C[C@@H]2C[C@H]3[C@@H]4C[C@H](F)C5=CC(=O)C=C[C@]5(C)[C@@]4(F)[C@@H](O)CC3(C)[C@]2(C(=O)SCF)O1. The molecule has 5 nitrogen and oxygen atoms in total. The van der Waals surface area contributed by atoms with E-state index in [1.54, 1.807) is 6.92 Å². The number of thioether (sulfide) groups is 1. The Kier molecular flexibility index (Phi) is 6.62. The van der Waals surface area contributed by atoms with E-state index in [0.717, 1.165) is 6.42 Å². The number of alkyl halides is 3. The number of hydrogen-bond donors (Lipinski definition) is 1. The molecule has 37 heavy (non-hydrogen) atoms. The van der Waals surface area contributed by atoms with E-state index in [0.29, 0.717) is 24.7 Å². The molecule has 0 spiro atoms. The standard InChI is InChI=1S/C28H38F3NO4S/c1-6-22(15(2)3)32-13-16-9-18-19-11-21(30)20-10-17(33)7-8-25(20,4)27(19,31)23(34)12-26(18,5)28(16,36-32)24(35)37-14-29/h7-8,10,15-16,18-19,21-23,34H,6,9,11-14H2,1-5H3/t16-,18-,19-,21-,22?,23-,25-,26?,27-,28-/m0/s1. The Morgan fingerprint density at radius 3 is 2.62 bits per heavy atom. The third-order valence-corrected chi connectivity index (χ3v) is 11.4. The van der Waals surface area contributed by atoms with Crippen LogP contribution in [0.15, 0.2) is 23.8 Å². The van der Waals surface area contributed by atoms with E-state index in [-0.39, 0.29) is 42.1 Å². The van der Waals surface area contributed by atoms with Gasteiger partial charge in [0.05, 0.1) is 6.10 Å². The number of allylic oxidation sites excluding steroid dienone is 4. The minimum Gasteiger partial charge on any atom is -0.390 e. The number of carbonyl (C=O) groups excluding carboxylic acids is 2. The maximum absolute atomic E-state index is 17.4. The number of hydrogen-bond acceptors (Lipinski definition) is 6. The van der Waals surface area contributed by atoms with Gasteiger partial charge in [-0.2, -0.15) is 5.06 Å². The summed E-state index contributed by atoms with van der Waals surface area (Å²) in [5, 5.41) is 13.0. The maximum atomic E-state index is 17.4. The summed E-state index contributed by atoms with van der Waals surface area (Å²) in [4.78, 5) is 32.4. The minimum atomic E-state index is -2.22. The quantitative estimate of drug-likeness (QED) is 0.520. The summed E-state index contributed by atoms with van der Waals surface area (Å²) >= 11 is 0.563. The van der Waals surface area contributed by atoms with Crippen molar-refractivity contribution in [2.24, 2.45) is 34.5 Å². The highest BCUT2D eigenvalue weighted by Crippen LogP contribution is 2.73. The number of aliphatic hydroxyl groups is 1. The van der Waals surface area contributed by atoms with Gasteiger partial charge in [0, 0.05) is 35.3 Å². The predicted octanol–water partition coefficient (Wildman–Crippen LogP) is 5.14. The third-order valence-electron chi connectivity index (χ3n) is 10.7. The van der Waals surface area contributed by atoms with Crippen LogP contribution in [0.4, 0.5) is 13.2 Å². The monoisotopic (exact) mass is 541 g/mol. The molecule has 1 heterocycles. The number of nitrogens with zero attached hydrogens (tertiary/aromatic N) is 1. The zero-order valence-electron chi connectivity index (χ0n) is 22.2. The topological polar surface area (TPSA) is 66.8 Å². The Morgan fingerprint density at radius 1 is 1.30 bits per heavy atom. The first-order valence-corrected chi connectivity index (χ1v) is 14.5. The fourth-order valence-corrected chi connectivity index (χ4v) is 9.73. The Hall–Kier alpha value is -1.16. The molecular formula is C28H38F3NO4S. The van der Waals surface area contributed by atoms with Crippen LogP contribution in [0.5, 0.6) is 0 Å². The highest BCUT2D eigenvalue weighted by molar-refractivity contribution is 8.13. The van der Waals surface area contributed by atoms with Crippen molar-refractivity contribution in [2.45, 2.75) is 89.9 Å². The largest absolute Gasteiger partial charge is 0.390 e. The summed E-state index contributed by atoms with van der Waals surface area (Å²) in [5.41, 5.74) is -6.08. The Labute approximate surface area is 221 Å². The van der Waals surface area contributed by atoms with E-state index in [1.807, 2.05) is 12.0 Å². The van der Waals surface area contributed by atoms with Crippen molar-refractivity contribution in [3.8, 4) is 0 Å². The second kappa shape index (κ2) is 8.93. The average molecular weight is 542 g/mol. The number of aliphatic hydroxyl groups excluding tert-OH is 1. The molecule has 0 amide bonds. The number of hydroxylamine groups is 2. The number of ketones is 1. The van der Waals surface area contributed by atoms with Crippen molar-refractivity contribution in [3.05, 3.63) is 23.8 Å². The first-order chi connectivity index (χ1) is 17.3. The summed E-state index contributed by atoms with van der Waals surface area (Å²) in [6, 6.07) is -0.863. The highest BCUT2D eigenvalue weighted by Gasteiger charge is 2.79. The summed E-state index contributed by atoms with van der Waals surface area (Å²) in [6.07, 6.45) is 1.73. The average Bonchev–Trinajstić information content (AvgIpc) is 3.31. The third kappa shape index (κ3) is 3.35. The second-order valence-corrected chi connectivity index (χ2v) is 13.4. The number of fused-ring (bicyclic) bond motifs is 7. The molecule has 0 aromatic heterocycles. The lowest BCUT2D eigenvalue weighted by atomic mass is 9.44. The van der Waals surface area contributed by atoms with Gasteiger partial charge in [0.2, 0.25) is 5.12 Å². The lowest BCUT2D eigenvalue weighted by molar-refractivity contribution is -0.275. The van der Waals surface area contributed by atoms with Gasteiger partial charge in [0.25, 0.3) is 0 Å². The molecule has 206 valence electrons. The van der Waals surface area contributed by atoms with Crippen LogP contribution in [0, 0.1) is 34.5 Å². The van der Waals surface area contributed by atoms with Crippen molar-refractivity contribution in [2.75, 3.05) is 12.6 Å². The Morgan fingerprint density at radius 2 is 2.00 bits per heavy atom. The first kappa shape index (κ1) is 27.4. The van der Waals surface area contributed by atoms with Gasteiger partial charge in [-0.1, -0.05) is 45.5 Å². The van der Waals surface area contributed by atoms with Crippen molar-refractivity contribution >= 4 is 22.7 Å². The van der Waals surface area contributed by atoms with E-state index in [4.69, 9.17) is 4.84 Å². The molecule has 1 saturated heterocycles. The van der Waals surface area contributed by atoms with E-state index >= 15 is 8.78 Å². The van der Waals surface area contributed by atoms with Gasteiger partial charge in [0.1, 0.15) is 12.2 Å². The van der Waals surface area contributed by atoms with Gasteiger partial charge in [-0.15, -0.1) is 0 Å². The van der Waals surface area contributed by atoms with Gasteiger partial charge >= 0.3 is 0 Å². The molecule has 0 aromatic carbocycles. The smallest absolute Gasteiger partial charge is 0.226 e. The van der Waals surface area contributed by atoms with Crippen molar-refractivity contribution in [3.63, 3.8) is 0 Å². The van der Waals surface area contributed by atoms with E-state index in [9.17, 15) is 19.1 Å². The summed E-state index contributed by atoms with van der Waals surface area (Å²) in [6.45, 7) is 10.1. The van der Waals surface area contributed by atoms with E-state index < -0.39 is 57.3 Å². The zero-order valence-corrected chi connectivity index (χ0v) is 23.0. The van der Waals surface area contributed by atoms with Crippen LogP contribution < -0.4 is 0 Å². The lowest BCUT2D eigenvalue weighted by Crippen LogP contribution is -2.70. The van der Waals surface area contributed by atoms with Crippen LogP contribution in [0.25, 0.3) is 0 Å². The summed E-state index contributed by atoms with van der Waals surface area (Å²) < 4.78 is 46.7. The molecule has 0 radical (unpaired) electrons. The van der Waals surface area contributed by atoms with Crippen molar-refractivity contribution in [1.82, 2.24) is 5.06 Å². The number of rotatable bonds is 5. The molecule has 4 aliphatic carbocycles. The molecule has 0 aromatic rings. The molecule has 1 N–H and O–H groups in total. The molecular weight excluding hydrogens is 503 g/mol. The maximum Gasteiger partial charge on any atom is 0.226 e. The lowest BCUT2D eigenvalue weighted by Gasteiger charge is -2.63. The van der Waals surface area contributed by atoms with Gasteiger partial charge in [0.15, 0.2) is 17.1 Å². The summed E-state index contributed by atoms with van der Waals surface area (Å²) in [7, 11) is 0.